The number of hydrogen-bond acceptors (Lipinski definition) is 7. The summed E-state index contributed by atoms with van der Waals surface area (Å²) in [4.78, 5) is 31.8. The SMILES string of the molecule is CCC1CCc2sc(-c3nnc(SCc4nc5ccccc5c(=O)n4CC(N)=O)n3C)cc2C1. The maximum atomic E-state index is 13.0. The topological polar surface area (TPSA) is 109 Å². The highest BCUT2D eigenvalue weighted by Crippen LogP contribution is 2.38. The fourth-order valence-electron chi connectivity index (χ4n) is 4.49. The molecular formula is C24H26N6O2S2. The van der Waals surface area contributed by atoms with Gasteiger partial charge >= 0.3 is 0 Å². The van der Waals surface area contributed by atoms with Crippen LogP contribution in [0.4, 0.5) is 0 Å². The summed E-state index contributed by atoms with van der Waals surface area (Å²) in [5, 5.41) is 10.0. The molecule has 3 heterocycles. The predicted octanol–water partition coefficient (Wildman–Crippen LogP) is 3.55. The summed E-state index contributed by atoms with van der Waals surface area (Å²) in [5.74, 6) is 1.87. The van der Waals surface area contributed by atoms with Gasteiger partial charge in [-0.15, -0.1) is 21.5 Å². The number of primary amides is 1. The Hall–Kier alpha value is -2.98. The molecule has 1 amide bonds. The Labute approximate surface area is 205 Å². The molecule has 0 saturated heterocycles. The van der Waals surface area contributed by atoms with E-state index in [-0.39, 0.29) is 12.1 Å². The average Bonchev–Trinajstić information content (AvgIpc) is 3.41. The molecule has 34 heavy (non-hydrogen) atoms. The van der Waals surface area contributed by atoms with Crippen molar-refractivity contribution in [1.82, 2.24) is 24.3 Å². The molecule has 5 rings (SSSR count). The minimum absolute atomic E-state index is 0.212. The second kappa shape index (κ2) is 9.34. The van der Waals surface area contributed by atoms with Crippen LogP contribution in [0.3, 0.4) is 0 Å². The molecular weight excluding hydrogens is 468 g/mol. The molecule has 0 fully saturated rings. The molecule has 8 nitrogen and oxygen atoms in total. The lowest BCUT2D eigenvalue weighted by Gasteiger charge is -2.19. The number of fused-ring (bicyclic) bond motifs is 2. The fourth-order valence-corrected chi connectivity index (χ4v) is 6.57. The van der Waals surface area contributed by atoms with E-state index in [2.05, 4.69) is 28.2 Å². The van der Waals surface area contributed by atoms with Crippen LogP contribution in [0.25, 0.3) is 21.6 Å². The highest BCUT2D eigenvalue weighted by Gasteiger charge is 2.23. The van der Waals surface area contributed by atoms with Gasteiger partial charge in [-0.1, -0.05) is 37.2 Å². The van der Waals surface area contributed by atoms with E-state index in [0.717, 1.165) is 34.6 Å². The number of amides is 1. The van der Waals surface area contributed by atoms with Gasteiger partial charge in [-0.25, -0.2) is 4.98 Å². The van der Waals surface area contributed by atoms with Gasteiger partial charge in [0, 0.05) is 11.9 Å². The number of benzene rings is 1. The summed E-state index contributed by atoms with van der Waals surface area (Å²) in [6.07, 6.45) is 4.77. The van der Waals surface area contributed by atoms with Gasteiger partial charge in [0.25, 0.3) is 5.56 Å². The van der Waals surface area contributed by atoms with E-state index < -0.39 is 5.91 Å². The number of aryl methyl sites for hydroxylation is 1. The van der Waals surface area contributed by atoms with Crippen molar-refractivity contribution in [3.63, 3.8) is 0 Å². The number of carbonyl (C=O) groups is 1. The zero-order valence-electron chi connectivity index (χ0n) is 19.2. The average molecular weight is 495 g/mol. The van der Waals surface area contributed by atoms with Crippen molar-refractivity contribution in [3.8, 4) is 10.7 Å². The molecule has 0 spiro atoms. The van der Waals surface area contributed by atoms with Crippen LogP contribution in [0.1, 0.15) is 36.0 Å². The molecule has 2 N–H and O–H groups in total. The van der Waals surface area contributed by atoms with Crippen LogP contribution in [0, 0.1) is 5.92 Å². The van der Waals surface area contributed by atoms with Gasteiger partial charge in [-0.05, 0) is 48.9 Å². The fraction of sp³-hybridized carbons (Fsp3) is 0.375. The second-order valence-electron chi connectivity index (χ2n) is 8.63. The Morgan fingerprint density at radius 2 is 2.12 bits per heavy atom. The molecule has 0 radical (unpaired) electrons. The van der Waals surface area contributed by atoms with Crippen molar-refractivity contribution in [2.24, 2.45) is 18.7 Å². The van der Waals surface area contributed by atoms with Gasteiger partial charge in [-0.3, -0.25) is 14.2 Å². The number of para-hydroxylation sites is 1. The summed E-state index contributed by atoms with van der Waals surface area (Å²) in [6, 6.07) is 9.39. The van der Waals surface area contributed by atoms with Crippen molar-refractivity contribution >= 4 is 39.9 Å². The molecule has 4 aromatic rings. The zero-order chi connectivity index (χ0) is 23.8. The van der Waals surface area contributed by atoms with Gasteiger partial charge in [-0.2, -0.15) is 0 Å². The van der Waals surface area contributed by atoms with Gasteiger partial charge in [0.05, 0.1) is 21.5 Å². The predicted molar refractivity (Wildman–Crippen MR) is 135 cm³/mol. The standard InChI is InChI=1S/C24H26N6O2S2/c1-3-14-8-9-18-15(10-14)11-19(34-18)22-27-28-24(29(22)2)33-13-21-26-17-7-5-4-6-16(17)23(32)30(21)12-20(25)31/h4-7,11,14H,3,8-10,12-13H2,1-2H3,(H2,25,31). The summed E-state index contributed by atoms with van der Waals surface area (Å²) in [7, 11) is 1.95. The molecule has 176 valence electrons. The number of thioether (sulfide) groups is 1. The number of nitrogens with zero attached hydrogens (tertiary/aromatic N) is 5. The van der Waals surface area contributed by atoms with Crippen LogP contribution in [0.2, 0.25) is 0 Å². The molecule has 1 unspecified atom stereocenters. The van der Waals surface area contributed by atoms with Crippen LogP contribution in [0.15, 0.2) is 40.3 Å². The minimum atomic E-state index is -0.585. The number of hydrogen-bond donors (Lipinski definition) is 1. The Bertz CT molecular complexity index is 1440. The maximum Gasteiger partial charge on any atom is 0.261 e. The third kappa shape index (κ3) is 4.27. The van der Waals surface area contributed by atoms with Crippen molar-refractivity contribution in [3.05, 3.63) is 57.0 Å². The van der Waals surface area contributed by atoms with E-state index in [4.69, 9.17) is 5.73 Å². The number of rotatable bonds is 7. The van der Waals surface area contributed by atoms with Crippen LogP contribution < -0.4 is 11.3 Å². The third-order valence-electron chi connectivity index (χ3n) is 6.40. The summed E-state index contributed by atoms with van der Waals surface area (Å²) in [5.41, 5.74) is 7.18. The number of thiophene rings is 1. The van der Waals surface area contributed by atoms with E-state index in [0.29, 0.717) is 22.5 Å². The van der Waals surface area contributed by atoms with Crippen LogP contribution in [-0.2, 0) is 37.0 Å². The van der Waals surface area contributed by atoms with Gasteiger partial charge < -0.3 is 10.3 Å². The third-order valence-corrected chi connectivity index (χ3v) is 8.65. The van der Waals surface area contributed by atoms with E-state index in [1.807, 2.05) is 29.0 Å². The Morgan fingerprint density at radius 1 is 1.29 bits per heavy atom. The van der Waals surface area contributed by atoms with Crippen molar-refractivity contribution in [1.29, 1.82) is 0 Å². The summed E-state index contributed by atoms with van der Waals surface area (Å²) >= 11 is 3.25. The molecule has 0 saturated carbocycles. The smallest absolute Gasteiger partial charge is 0.261 e. The molecule has 10 heteroatoms. The molecule has 0 bridgehead atoms. The lowest BCUT2D eigenvalue weighted by atomic mass is 9.87. The van der Waals surface area contributed by atoms with Gasteiger partial charge in [0.15, 0.2) is 11.0 Å². The van der Waals surface area contributed by atoms with E-state index in [1.165, 1.54) is 39.6 Å². The van der Waals surface area contributed by atoms with E-state index >= 15 is 0 Å². The van der Waals surface area contributed by atoms with Crippen molar-refractivity contribution in [2.75, 3.05) is 0 Å². The van der Waals surface area contributed by atoms with Crippen LogP contribution >= 0.6 is 23.1 Å². The van der Waals surface area contributed by atoms with Crippen molar-refractivity contribution in [2.45, 2.75) is 50.1 Å². The molecule has 0 aliphatic heterocycles. The zero-order valence-corrected chi connectivity index (χ0v) is 20.8. The van der Waals surface area contributed by atoms with Gasteiger partial charge in [0.2, 0.25) is 5.91 Å². The molecule has 1 atom stereocenters. The highest BCUT2D eigenvalue weighted by molar-refractivity contribution is 7.98. The van der Waals surface area contributed by atoms with Crippen LogP contribution in [0.5, 0.6) is 0 Å². The first-order valence-corrected chi connectivity index (χ1v) is 13.2. The molecule has 1 aliphatic rings. The number of carbonyl (C=O) groups excluding carboxylic acids is 1. The summed E-state index contributed by atoms with van der Waals surface area (Å²) in [6.45, 7) is 2.05. The first-order chi connectivity index (χ1) is 16.4. The van der Waals surface area contributed by atoms with Crippen LogP contribution in [-0.4, -0.2) is 30.2 Å². The first kappa shape index (κ1) is 22.8. The first-order valence-electron chi connectivity index (χ1n) is 11.4. The summed E-state index contributed by atoms with van der Waals surface area (Å²) < 4.78 is 3.34. The monoisotopic (exact) mass is 494 g/mol. The molecule has 3 aromatic heterocycles. The maximum absolute atomic E-state index is 13.0. The highest BCUT2D eigenvalue weighted by atomic mass is 32.2. The molecule has 1 aliphatic carbocycles. The largest absolute Gasteiger partial charge is 0.368 e. The van der Waals surface area contributed by atoms with Gasteiger partial charge in [0.1, 0.15) is 12.4 Å². The second-order valence-corrected chi connectivity index (χ2v) is 10.7. The Morgan fingerprint density at radius 3 is 2.91 bits per heavy atom. The molecule has 1 aromatic carbocycles. The lowest BCUT2D eigenvalue weighted by Crippen LogP contribution is -2.31. The minimum Gasteiger partial charge on any atom is -0.368 e. The Kier molecular flexibility index (Phi) is 6.26. The number of nitrogens with two attached hydrogens (primary N) is 1. The number of aromatic nitrogens is 5. The van der Waals surface area contributed by atoms with Crippen molar-refractivity contribution < 1.29 is 4.79 Å². The Balaban J connectivity index is 1.42. The van der Waals surface area contributed by atoms with E-state index in [9.17, 15) is 9.59 Å². The van der Waals surface area contributed by atoms with E-state index in [1.54, 1.807) is 18.2 Å². The quantitative estimate of drug-likeness (QED) is 0.394. The lowest BCUT2D eigenvalue weighted by molar-refractivity contribution is -0.118. The normalized spacial score (nSPS) is 15.5.